The minimum absolute atomic E-state index is 0.155. The molecule has 3 N–H and O–H groups in total. The predicted octanol–water partition coefficient (Wildman–Crippen LogP) is 2.61. The quantitative estimate of drug-likeness (QED) is 0.726. The Morgan fingerprint density at radius 1 is 1.15 bits per heavy atom. The Hall–Kier alpha value is -1.26. The van der Waals surface area contributed by atoms with Gasteiger partial charge in [0.2, 0.25) is 0 Å². The smallest absolute Gasteiger partial charge is 0.326 e. The van der Waals surface area contributed by atoms with E-state index in [9.17, 15) is 9.59 Å². The maximum atomic E-state index is 11.9. The van der Waals surface area contributed by atoms with Crippen molar-refractivity contribution in [2.45, 2.75) is 65.5 Å². The Morgan fingerprint density at radius 3 is 2.15 bits per heavy atom. The van der Waals surface area contributed by atoms with Gasteiger partial charge in [0.05, 0.1) is 0 Å². The Bertz CT molecular complexity index is 334. The summed E-state index contributed by atoms with van der Waals surface area (Å²) in [6, 6.07) is -1.01. The van der Waals surface area contributed by atoms with Gasteiger partial charge in [-0.1, -0.05) is 27.7 Å². The van der Waals surface area contributed by atoms with Crippen molar-refractivity contribution in [1.82, 2.24) is 10.6 Å². The van der Waals surface area contributed by atoms with E-state index in [1.165, 1.54) is 6.42 Å². The van der Waals surface area contributed by atoms with E-state index in [1.807, 2.05) is 13.8 Å². The lowest BCUT2D eigenvalue weighted by Crippen LogP contribution is -2.50. The number of carboxylic acid groups (broad SMARTS) is 1. The molecule has 0 spiro atoms. The van der Waals surface area contributed by atoms with Crippen LogP contribution >= 0.6 is 0 Å². The van der Waals surface area contributed by atoms with E-state index >= 15 is 0 Å². The van der Waals surface area contributed by atoms with Crippen LogP contribution in [-0.4, -0.2) is 29.2 Å². The molecule has 3 atom stereocenters. The average Bonchev–Trinajstić information content (AvgIpc) is 2.25. The highest BCUT2D eigenvalue weighted by molar-refractivity contribution is 5.82. The molecule has 1 aliphatic carbocycles. The molecule has 0 bridgehead atoms. The second kappa shape index (κ2) is 7.50. The van der Waals surface area contributed by atoms with Gasteiger partial charge in [0.25, 0.3) is 0 Å². The third-order valence-electron chi connectivity index (χ3n) is 3.82. The maximum absolute atomic E-state index is 11.9. The van der Waals surface area contributed by atoms with Crippen LogP contribution in [0.5, 0.6) is 0 Å². The third kappa shape index (κ3) is 5.80. The molecule has 5 nitrogen and oxygen atoms in total. The number of hydrogen-bond donors (Lipinski definition) is 3. The highest BCUT2D eigenvalue weighted by Gasteiger charge is 2.27. The second-order valence-corrected chi connectivity index (χ2v) is 6.75. The maximum Gasteiger partial charge on any atom is 0.326 e. The molecular formula is C15H28N2O3. The first-order valence-corrected chi connectivity index (χ1v) is 7.57. The lowest BCUT2D eigenvalue weighted by Gasteiger charge is -2.32. The van der Waals surface area contributed by atoms with E-state index in [0.29, 0.717) is 18.3 Å². The molecule has 1 fully saturated rings. The van der Waals surface area contributed by atoms with E-state index in [1.54, 1.807) is 0 Å². The number of amides is 2. The van der Waals surface area contributed by atoms with Crippen molar-refractivity contribution in [1.29, 1.82) is 0 Å². The van der Waals surface area contributed by atoms with Crippen molar-refractivity contribution in [2.75, 3.05) is 0 Å². The summed E-state index contributed by atoms with van der Waals surface area (Å²) < 4.78 is 0. The molecule has 20 heavy (non-hydrogen) atoms. The molecule has 2 amide bonds. The van der Waals surface area contributed by atoms with Gasteiger partial charge in [-0.05, 0) is 43.4 Å². The van der Waals surface area contributed by atoms with Crippen LogP contribution in [0.2, 0.25) is 0 Å². The summed E-state index contributed by atoms with van der Waals surface area (Å²) in [5.41, 5.74) is 0. The Balaban J connectivity index is 2.46. The summed E-state index contributed by atoms with van der Waals surface area (Å²) in [6.45, 7) is 8.28. The fourth-order valence-electron chi connectivity index (χ4n) is 3.14. The number of hydrogen-bond acceptors (Lipinski definition) is 2. The van der Waals surface area contributed by atoms with Gasteiger partial charge in [0.1, 0.15) is 6.04 Å². The third-order valence-corrected chi connectivity index (χ3v) is 3.82. The monoisotopic (exact) mass is 284 g/mol. The molecule has 0 saturated heterocycles. The number of rotatable bonds is 5. The van der Waals surface area contributed by atoms with Gasteiger partial charge in [-0.15, -0.1) is 0 Å². The van der Waals surface area contributed by atoms with Crippen molar-refractivity contribution >= 4 is 12.0 Å². The fourth-order valence-corrected chi connectivity index (χ4v) is 3.14. The summed E-state index contributed by atoms with van der Waals surface area (Å²) in [5.74, 6) is 0.468. The Labute approximate surface area is 121 Å². The zero-order valence-electron chi connectivity index (χ0n) is 13.0. The zero-order chi connectivity index (χ0) is 15.3. The van der Waals surface area contributed by atoms with Crippen LogP contribution in [0.15, 0.2) is 0 Å². The number of carboxylic acids is 1. The first kappa shape index (κ1) is 16.8. The molecule has 0 heterocycles. The Kier molecular flexibility index (Phi) is 6.30. The first-order valence-electron chi connectivity index (χ1n) is 7.57. The van der Waals surface area contributed by atoms with Crippen LogP contribution in [0.3, 0.4) is 0 Å². The lowest BCUT2D eigenvalue weighted by atomic mass is 9.80. The zero-order valence-corrected chi connectivity index (χ0v) is 13.0. The van der Waals surface area contributed by atoms with Crippen LogP contribution in [0.25, 0.3) is 0 Å². The van der Waals surface area contributed by atoms with Gasteiger partial charge in [-0.2, -0.15) is 0 Å². The molecule has 0 aromatic heterocycles. The topological polar surface area (TPSA) is 78.4 Å². The molecule has 0 radical (unpaired) electrons. The second-order valence-electron chi connectivity index (χ2n) is 6.75. The number of carbonyl (C=O) groups is 2. The van der Waals surface area contributed by atoms with Crippen LogP contribution in [0.1, 0.15) is 53.4 Å². The number of carbonyl (C=O) groups excluding carboxylic acids is 1. The number of aliphatic carboxylic acids is 1. The largest absolute Gasteiger partial charge is 0.480 e. The van der Waals surface area contributed by atoms with E-state index in [0.717, 1.165) is 12.8 Å². The van der Waals surface area contributed by atoms with Crippen molar-refractivity contribution in [3.8, 4) is 0 Å². The molecule has 0 aliphatic heterocycles. The van der Waals surface area contributed by atoms with Crippen molar-refractivity contribution < 1.29 is 14.7 Å². The first-order chi connectivity index (χ1) is 9.27. The SMILES string of the molecule is CC(C)C[C@@H](NC(=O)NC1CC(C)CC(C)C1)C(=O)O. The molecular weight excluding hydrogens is 256 g/mol. The van der Waals surface area contributed by atoms with Crippen LogP contribution in [-0.2, 0) is 4.79 Å². The Morgan fingerprint density at radius 2 is 1.70 bits per heavy atom. The predicted molar refractivity (Wildman–Crippen MR) is 78.5 cm³/mol. The van der Waals surface area contributed by atoms with E-state index in [4.69, 9.17) is 5.11 Å². The van der Waals surface area contributed by atoms with E-state index < -0.39 is 12.0 Å². The highest BCUT2D eigenvalue weighted by atomic mass is 16.4. The molecule has 1 rings (SSSR count). The summed E-state index contributed by atoms with van der Waals surface area (Å²) in [7, 11) is 0. The van der Waals surface area contributed by atoms with Crippen molar-refractivity contribution in [3.63, 3.8) is 0 Å². The molecule has 116 valence electrons. The molecule has 2 unspecified atom stereocenters. The summed E-state index contributed by atoms with van der Waals surface area (Å²) in [4.78, 5) is 23.1. The molecule has 1 aliphatic rings. The van der Waals surface area contributed by atoms with Crippen LogP contribution in [0, 0.1) is 17.8 Å². The van der Waals surface area contributed by atoms with Gasteiger partial charge in [-0.3, -0.25) is 0 Å². The number of urea groups is 1. The van der Waals surface area contributed by atoms with Gasteiger partial charge >= 0.3 is 12.0 Å². The standard InChI is InChI=1S/C15H28N2O3/c1-9(2)5-13(14(18)19)17-15(20)16-12-7-10(3)6-11(4)8-12/h9-13H,5-8H2,1-4H3,(H,18,19)(H2,16,17,20)/t10?,11?,12?,13-/m1/s1. The summed E-state index contributed by atoms with van der Waals surface area (Å²) in [5, 5.41) is 14.6. The highest BCUT2D eigenvalue weighted by Crippen LogP contribution is 2.28. The van der Waals surface area contributed by atoms with E-state index in [2.05, 4.69) is 24.5 Å². The van der Waals surface area contributed by atoms with Crippen LogP contribution in [0.4, 0.5) is 4.79 Å². The van der Waals surface area contributed by atoms with Gasteiger partial charge in [0.15, 0.2) is 0 Å². The normalized spacial score (nSPS) is 27.9. The van der Waals surface area contributed by atoms with Gasteiger partial charge in [0, 0.05) is 6.04 Å². The lowest BCUT2D eigenvalue weighted by molar-refractivity contribution is -0.139. The molecule has 0 aromatic carbocycles. The molecule has 1 saturated carbocycles. The molecule has 0 aromatic rings. The van der Waals surface area contributed by atoms with E-state index in [-0.39, 0.29) is 18.0 Å². The van der Waals surface area contributed by atoms with Gasteiger partial charge in [-0.25, -0.2) is 9.59 Å². The number of nitrogens with one attached hydrogen (secondary N) is 2. The fraction of sp³-hybridized carbons (Fsp3) is 0.867. The average molecular weight is 284 g/mol. The van der Waals surface area contributed by atoms with Gasteiger partial charge < -0.3 is 15.7 Å². The van der Waals surface area contributed by atoms with Crippen molar-refractivity contribution in [3.05, 3.63) is 0 Å². The minimum atomic E-state index is -0.973. The summed E-state index contributed by atoms with van der Waals surface area (Å²) >= 11 is 0. The summed E-state index contributed by atoms with van der Waals surface area (Å²) in [6.07, 6.45) is 3.59. The van der Waals surface area contributed by atoms with Crippen LogP contribution < -0.4 is 10.6 Å². The van der Waals surface area contributed by atoms with Crippen molar-refractivity contribution in [2.24, 2.45) is 17.8 Å². The molecule has 5 heteroatoms. The minimum Gasteiger partial charge on any atom is -0.480 e.